The highest BCUT2D eigenvalue weighted by Gasteiger charge is 2.10. The molecule has 0 saturated carbocycles. The Hall–Kier alpha value is -2.81. The van der Waals surface area contributed by atoms with E-state index >= 15 is 0 Å². The zero-order valence-corrected chi connectivity index (χ0v) is 13.6. The van der Waals surface area contributed by atoms with Gasteiger partial charge in [0.1, 0.15) is 0 Å². The molecule has 2 aromatic carbocycles. The normalized spacial score (nSPS) is 10.6. The van der Waals surface area contributed by atoms with Crippen molar-refractivity contribution in [3.8, 4) is 5.69 Å². The number of rotatable bonds is 3. The van der Waals surface area contributed by atoms with E-state index in [2.05, 4.69) is 24.4 Å². The minimum atomic E-state index is -0.0842. The smallest absolute Gasteiger partial charge is 0.255 e. The molecule has 0 fully saturated rings. The molecule has 1 amide bonds. The van der Waals surface area contributed by atoms with Crippen LogP contribution in [-0.2, 0) is 0 Å². The average molecular weight is 304 g/mol. The maximum atomic E-state index is 12.5. The van der Waals surface area contributed by atoms with Crippen molar-refractivity contribution < 1.29 is 4.79 Å². The van der Waals surface area contributed by atoms with Crippen LogP contribution in [0.4, 0.5) is 5.69 Å². The van der Waals surface area contributed by atoms with Gasteiger partial charge in [-0.1, -0.05) is 17.7 Å². The lowest BCUT2D eigenvalue weighted by molar-refractivity contribution is 0.102. The summed E-state index contributed by atoms with van der Waals surface area (Å²) in [6.45, 7) is 6.10. The Morgan fingerprint density at radius 1 is 0.913 bits per heavy atom. The van der Waals surface area contributed by atoms with Gasteiger partial charge >= 0.3 is 0 Å². The maximum Gasteiger partial charge on any atom is 0.255 e. The fraction of sp³-hybridized carbons (Fsp3) is 0.150. The van der Waals surface area contributed by atoms with Crippen molar-refractivity contribution in [1.82, 2.24) is 4.57 Å². The number of carbonyl (C=O) groups is 1. The van der Waals surface area contributed by atoms with Crippen LogP contribution in [0.3, 0.4) is 0 Å². The lowest BCUT2D eigenvalue weighted by Crippen LogP contribution is -2.14. The summed E-state index contributed by atoms with van der Waals surface area (Å²) in [5, 5.41) is 3.03. The third-order valence-electron chi connectivity index (χ3n) is 3.95. The van der Waals surface area contributed by atoms with E-state index in [9.17, 15) is 4.79 Å². The van der Waals surface area contributed by atoms with Gasteiger partial charge in [0.15, 0.2) is 0 Å². The van der Waals surface area contributed by atoms with Crippen molar-refractivity contribution >= 4 is 11.6 Å². The molecule has 1 heterocycles. The number of carbonyl (C=O) groups excluding carboxylic acids is 1. The Kier molecular flexibility index (Phi) is 4.02. The molecule has 23 heavy (non-hydrogen) atoms. The van der Waals surface area contributed by atoms with Crippen LogP contribution in [0.1, 0.15) is 27.0 Å². The van der Waals surface area contributed by atoms with E-state index < -0.39 is 0 Å². The monoisotopic (exact) mass is 304 g/mol. The van der Waals surface area contributed by atoms with Crippen molar-refractivity contribution in [2.24, 2.45) is 0 Å². The van der Waals surface area contributed by atoms with Crippen LogP contribution in [0.5, 0.6) is 0 Å². The Labute approximate surface area is 136 Å². The Morgan fingerprint density at radius 3 is 2.04 bits per heavy atom. The number of hydrogen-bond donors (Lipinski definition) is 1. The number of benzene rings is 2. The topological polar surface area (TPSA) is 34.0 Å². The highest BCUT2D eigenvalue weighted by atomic mass is 16.1. The first kappa shape index (κ1) is 15.1. The summed E-state index contributed by atoms with van der Waals surface area (Å²) < 4.78 is 2.01. The number of amides is 1. The predicted molar refractivity (Wildman–Crippen MR) is 94.4 cm³/mol. The highest BCUT2D eigenvalue weighted by molar-refractivity contribution is 6.05. The van der Waals surface area contributed by atoms with Crippen LogP contribution in [0, 0.1) is 20.8 Å². The molecule has 0 spiro atoms. The number of nitrogens with zero attached hydrogens (tertiary/aromatic N) is 1. The number of aryl methyl sites for hydroxylation is 3. The Morgan fingerprint density at radius 2 is 1.48 bits per heavy atom. The number of anilines is 1. The van der Waals surface area contributed by atoms with E-state index in [-0.39, 0.29) is 5.91 Å². The molecule has 0 radical (unpaired) electrons. The third kappa shape index (κ3) is 3.19. The molecule has 3 nitrogen and oxygen atoms in total. The minimum absolute atomic E-state index is 0.0842. The van der Waals surface area contributed by atoms with Gasteiger partial charge in [-0.3, -0.25) is 4.79 Å². The van der Waals surface area contributed by atoms with Crippen molar-refractivity contribution in [2.45, 2.75) is 20.8 Å². The molecule has 0 unspecified atom stereocenters. The van der Waals surface area contributed by atoms with Crippen LogP contribution in [0.25, 0.3) is 5.69 Å². The maximum absolute atomic E-state index is 12.5. The molecular weight excluding hydrogens is 284 g/mol. The van der Waals surface area contributed by atoms with E-state index in [0.717, 1.165) is 22.5 Å². The lowest BCUT2D eigenvalue weighted by atomic mass is 10.0. The average Bonchev–Trinajstić information content (AvgIpc) is 3.05. The standard InChI is InChI=1S/C20H20N2O/c1-14-12-15(2)19(16(3)13-14)21-20(23)17-6-8-18(9-7-17)22-10-4-5-11-22/h4-13H,1-3H3,(H,21,23). The predicted octanol–water partition coefficient (Wildman–Crippen LogP) is 4.65. The summed E-state index contributed by atoms with van der Waals surface area (Å²) in [6.07, 6.45) is 3.96. The van der Waals surface area contributed by atoms with Crippen molar-refractivity contribution in [3.05, 3.63) is 83.2 Å². The van der Waals surface area contributed by atoms with Gasteiger partial charge in [-0.2, -0.15) is 0 Å². The van der Waals surface area contributed by atoms with Gasteiger partial charge < -0.3 is 9.88 Å². The van der Waals surface area contributed by atoms with Gasteiger partial charge in [-0.05, 0) is 68.3 Å². The number of nitrogens with one attached hydrogen (secondary N) is 1. The van der Waals surface area contributed by atoms with E-state index in [1.807, 2.05) is 67.2 Å². The summed E-state index contributed by atoms with van der Waals surface area (Å²) in [5.74, 6) is -0.0842. The number of hydrogen-bond acceptors (Lipinski definition) is 1. The summed E-state index contributed by atoms with van der Waals surface area (Å²) in [7, 11) is 0. The SMILES string of the molecule is Cc1cc(C)c(NC(=O)c2ccc(-n3cccc3)cc2)c(C)c1. The number of aromatic nitrogens is 1. The van der Waals surface area contributed by atoms with Crippen LogP contribution in [0.2, 0.25) is 0 Å². The van der Waals surface area contributed by atoms with Gasteiger partial charge in [-0.25, -0.2) is 0 Å². The Bertz CT molecular complexity index is 808. The summed E-state index contributed by atoms with van der Waals surface area (Å²) in [5.41, 5.74) is 5.96. The molecule has 3 rings (SSSR count). The van der Waals surface area contributed by atoms with Crippen molar-refractivity contribution in [1.29, 1.82) is 0 Å². The largest absolute Gasteiger partial charge is 0.324 e. The van der Waals surface area contributed by atoms with E-state index in [1.54, 1.807) is 0 Å². The lowest BCUT2D eigenvalue weighted by Gasteiger charge is -2.13. The fourth-order valence-corrected chi connectivity index (χ4v) is 2.85. The first-order chi connectivity index (χ1) is 11.0. The zero-order chi connectivity index (χ0) is 16.4. The molecule has 1 N–H and O–H groups in total. The molecule has 0 aliphatic carbocycles. The molecule has 3 heteroatoms. The molecule has 0 aliphatic rings. The second-order valence-electron chi connectivity index (χ2n) is 5.87. The van der Waals surface area contributed by atoms with Gasteiger partial charge in [-0.15, -0.1) is 0 Å². The van der Waals surface area contributed by atoms with E-state index in [4.69, 9.17) is 0 Å². The highest BCUT2D eigenvalue weighted by Crippen LogP contribution is 2.22. The van der Waals surface area contributed by atoms with Crippen LogP contribution in [0.15, 0.2) is 60.9 Å². The van der Waals surface area contributed by atoms with Gasteiger partial charge in [0.25, 0.3) is 5.91 Å². The van der Waals surface area contributed by atoms with Gasteiger partial charge in [0.2, 0.25) is 0 Å². The third-order valence-corrected chi connectivity index (χ3v) is 3.95. The van der Waals surface area contributed by atoms with Crippen LogP contribution < -0.4 is 5.32 Å². The van der Waals surface area contributed by atoms with E-state index in [1.165, 1.54) is 5.56 Å². The molecule has 0 bridgehead atoms. The first-order valence-electron chi connectivity index (χ1n) is 7.67. The summed E-state index contributed by atoms with van der Waals surface area (Å²) in [6, 6.07) is 15.7. The van der Waals surface area contributed by atoms with Crippen LogP contribution in [-0.4, -0.2) is 10.5 Å². The minimum Gasteiger partial charge on any atom is -0.324 e. The second-order valence-corrected chi connectivity index (χ2v) is 5.87. The van der Waals surface area contributed by atoms with Crippen LogP contribution >= 0.6 is 0 Å². The molecular formula is C20H20N2O. The molecule has 116 valence electrons. The second kappa shape index (κ2) is 6.13. The van der Waals surface area contributed by atoms with Gasteiger partial charge in [0.05, 0.1) is 0 Å². The fourth-order valence-electron chi connectivity index (χ4n) is 2.85. The van der Waals surface area contributed by atoms with Crippen molar-refractivity contribution in [3.63, 3.8) is 0 Å². The van der Waals surface area contributed by atoms with Gasteiger partial charge in [0, 0.05) is 29.3 Å². The first-order valence-corrected chi connectivity index (χ1v) is 7.67. The summed E-state index contributed by atoms with van der Waals surface area (Å²) in [4.78, 5) is 12.5. The summed E-state index contributed by atoms with van der Waals surface area (Å²) >= 11 is 0. The molecule has 0 atom stereocenters. The molecule has 3 aromatic rings. The Balaban J connectivity index is 1.81. The molecule has 0 aliphatic heterocycles. The quantitative estimate of drug-likeness (QED) is 0.750. The van der Waals surface area contributed by atoms with E-state index in [0.29, 0.717) is 5.56 Å². The van der Waals surface area contributed by atoms with Crippen molar-refractivity contribution in [2.75, 3.05) is 5.32 Å². The molecule has 0 saturated heterocycles. The zero-order valence-electron chi connectivity index (χ0n) is 13.6. The molecule has 1 aromatic heterocycles.